The first kappa shape index (κ1) is 19.6. The van der Waals surface area contributed by atoms with Crippen LogP contribution in [0.5, 0.6) is 0 Å². The number of nitrogens with zero attached hydrogens (tertiary/aromatic N) is 4. The predicted molar refractivity (Wildman–Crippen MR) is 95.2 cm³/mol. The van der Waals surface area contributed by atoms with Gasteiger partial charge in [0.05, 0.1) is 25.7 Å². The molecule has 0 bridgehead atoms. The highest BCUT2D eigenvalue weighted by molar-refractivity contribution is 7.53. The third-order valence-corrected chi connectivity index (χ3v) is 6.12. The number of aromatic nitrogens is 4. The highest BCUT2D eigenvalue weighted by Gasteiger charge is 2.22. The van der Waals surface area contributed by atoms with E-state index in [1.165, 1.54) is 11.6 Å². The zero-order valence-electron chi connectivity index (χ0n) is 15.1. The highest BCUT2D eigenvalue weighted by Crippen LogP contribution is 2.48. The van der Waals surface area contributed by atoms with Crippen molar-refractivity contribution in [3.63, 3.8) is 0 Å². The van der Waals surface area contributed by atoms with E-state index >= 15 is 0 Å². The summed E-state index contributed by atoms with van der Waals surface area (Å²) in [5, 5.41) is 0. The van der Waals surface area contributed by atoms with Crippen LogP contribution in [0.25, 0.3) is 11.2 Å². The molecule has 0 spiro atoms. The Labute approximate surface area is 145 Å². The summed E-state index contributed by atoms with van der Waals surface area (Å²) in [6.45, 7) is 4.77. The second-order valence-electron chi connectivity index (χ2n) is 5.69. The van der Waals surface area contributed by atoms with Crippen molar-refractivity contribution in [2.24, 2.45) is 14.1 Å². The summed E-state index contributed by atoms with van der Waals surface area (Å²) in [4.78, 5) is 28.4. The number of fused-ring (bicyclic) bond motifs is 1. The maximum Gasteiger partial charge on any atom is 0.332 e. The van der Waals surface area contributed by atoms with Gasteiger partial charge in [0.1, 0.15) is 0 Å². The first-order valence-electron chi connectivity index (χ1n) is 8.33. The second-order valence-corrected chi connectivity index (χ2v) is 7.88. The van der Waals surface area contributed by atoms with Crippen LogP contribution in [-0.2, 0) is 34.3 Å². The summed E-state index contributed by atoms with van der Waals surface area (Å²) in [7, 11) is -0.0103. The van der Waals surface area contributed by atoms with Crippen molar-refractivity contribution < 1.29 is 13.6 Å². The van der Waals surface area contributed by atoms with Gasteiger partial charge in [-0.15, -0.1) is 0 Å². The summed E-state index contributed by atoms with van der Waals surface area (Å²) < 4.78 is 27.1. The lowest BCUT2D eigenvalue weighted by Crippen LogP contribution is -2.37. The molecule has 0 unspecified atom stereocenters. The minimum absolute atomic E-state index is 0.331. The molecule has 0 atom stereocenters. The topological polar surface area (TPSA) is 97.4 Å². The minimum atomic E-state index is -3.04. The molecule has 2 aromatic heterocycles. The van der Waals surface area contributed by atoms with E-state index in [1.807, 2.05) is 0 Å². The van der Waals surface area contributed by atoms with Gasteiger partial charge in [-0.25, -0.2) is 9.78 Å². The number of hydrogen-bond donors (Lipinski definition) is 0. The Morgan fingerprint density at radius 3 is 2.32 bits per heavy atom. The van der Waals surface area contributed by atoms with Crippen molar-refractivity contribution in [1.29, 1.82) is 0 Å². The van der Waals surface area contributed by atoms with Crippen molar-refractivity contribution >= 4 is 18.8 Å². The van der Waals surface area contributed by atoms with Crippen LogP contribution in [0, 0.1) is 0 Å². The Balaban J connectivity index is 2.11. The fraction of sp³-hybridized carbons (Fsp3) is 0.667. The van der Waals surface area contributed by atoms with Crippen LogP contribution in [0.15, 0.2) is 15.9 Å². The van der Waals surface area contributed by atoms with Crippen LogP contribution in [-0.4, -0.2) is 38.1 Å². The fourth-order valence-electron chi connectivity index (χ4n) is 2.71. The van der Waals surface area contributed by atoms with Crippen molar-refractivity contribution in [3.05, 3.63) is 27.2 Å². The molecule has 0 aliphatic rings. The van der Waals surface area contributed by atoms with E-state index in [-0.39, 0.29) is 5.56 Å². The van der Waals surface area contributed by atoms with Crippen LogP contribution in [0.1, 0.15) is 26.7 Å². The predicted octanol–water partition coefficient (Wildman–Crippen LogP) is 1.48. The molecule has 10 heteroatoms. The molecule has 2 heterocycles. The molecule has 2 rings (SSSR count). The molecule has 0 radical (unpaired) electrons. The van der Waals surface area contributed by atoms with Gasteiger partial charge >= 0.3 is 13.3 Å². The van der Waals surface area contributed by atoms with Gasteiger partial charge in [0.2, 0.25) is 0 Å². The molecule has 140 valence electrons. The van der Waals surface area contributed by atoms with Crippen molar-refractivity contribution in [2.45, 2.75) is 33.2 Å². The highest BCUT2D eigenvalue weighted by atomic mass is 31.2. The summed E-state index contributed by atoms with van der Waals surface area (Å²) in [6, 6.07) is 0. The standard InChI is InChI=1S/C15H25N4O5P/c1-5-23-25(22,24-6-2)10-8-7-9-19-11-16-13-12(19)14(20)18(4)15(21)17(13)3/h11H,5-10H2,1-4H3. The van der Waals surface area contributed by atoms with Gasteiger partial charge < -0.3 is 13.6 Å². The molecule has 0 saturated carbocycles. The Bertz CT molecular complexity index is 888. The molecular weight excluding hydrogens is 347 g/mol. The molecule has 25 heavy (non-hydrogen) atoms. The van der Waals surface area contributed by atoms with Gasteiger partial charge in [0, 0.05) is 20.6 Å². The summed E-state index contributed by atoms with van der Waals surface area (Å²) >= 11 is 0. The third-order valence-electron chi connectivity index (χ3n) is 3.95. The fourth-order valence-corrected chi connectivity index (χ4v) is 4.44. The van der Waals surface area contributed by atoms with Crippen molar-refractivity contribution in [2.75, 3.05) is 19.4 Å². The molecule has 0 N–H and O–H groups in total. The van der Waals surface area contributed by atoms with Gasteiger partial charge in [0.15, 0.2) is 11.2 Å². The summed E-state index contributed by atoms with van der Waals surface area (Å²) in [5.74, 6) is 0. The van der Waals surface area contributed by atoms with Crippen LogP contribution in [0.4, 0.5) is 0 Å². The molecule has 0 aliphatic heterocycles. The zero-order valence-corrected chi connectivity index (χ0v) is 16.0. The second kappa shape index (κ2) is 8.12. The maximum atomic E-state index is 12.4. The van der Waals surface area contributed by atoms with Crippen molar-refractivity contribution in [3.8, 4) is 0 Å². The molecule has 0 aliphatic carbocycles. The van der Waals surface area contributed by atoms with E-state index in [0.29, 0.717) is 49.9 Å². The smallest absolute Gasteiger partial charge is 0.325 e. The van der Waals surface area contributed by atoms with Crippen LogP contribution >= 0.6 is 7.60 Å². The van der Waals surface area contributed by atoms with Crippen LogP contribution < -0.4 is 11.2 Å². The van der Waals surface area contributed by atoms with E-state index < -0.39 is 13.3 Å². The number of hydrogen-bond acceptors (Lipinski definition) is 6. The molecule has 0 amide bonds. The molecular formula is C15H25N4O5P. The number of rotatable bonds is 9. The van der Waals surface area contributed by atoms with E-state index in [9.17, 15) is 14.2 Å². The monoisotopic (exact) mass is 372 g/mol. The first-order chi connectivity index (χ1) is 11.8. The average molecular weight is 372 g/mol. The minimum Gasteiger partial charge on any atom is -0.325 e. The molecule has 0 aromatic carbocycles. The van der Waals surface area contributed by atoms with Gasteiger partial charge in [-0.1, -0.05) is 0 Å². The largest absolute Gasteiger partial charge is 0.332 e. The van der Waals surface area contributed by atoms with E-state index in [0.717, 1.165) is 4.57 Å². The SMILES string of the molecule is CCOP(=O)(CCCCn1cnc2c1c(=O)n(C)c(=O)n2C)OCC. The van der Waals surface area contributed by atoms with Crippen LogP contribution in [0.3, 0.4) is 0 Å². The lowest BCUT2D eigenvalue weighted by molar-refractivity contribution is 0.219. The van der Waals surface area contributed by atoms with E-state index in [1.54, 1.807) is 31.8 Å². The molecule has 2 aromatic rings. The Hall–Kier alpha value is -1.70. The van der Waals surface area contributed by atoms with Gasteiger partial charge in [0.25, 0.3) is 5.56 Å². The quantitative estimate of drug-likeness (QED) is 0.489. The molecule has 0 fully saturated rings. The van der Waals surface area contributed by atoms with Crippen LogP contribution in [0.2, 0.25) is 0 Å². The number of imidazole rings is 1. The Kier molecular flexibility index (Phi) is 6.37. The van der Waals surface area contributed by atoms with Gasteiger partial charge in [-0.3, -0.25) is 18.5 Å². The van der Waals surface area contributed by atoms with Gasteiger partial charge in [-0.05, 0) is 26.7 Å². The maximum absolute atomic E-state index is 12.4. The lowest BCUT2D eigenvalue weighted by Gasteiger charge is -2.16. The molecule has 0 saturated heterocycles. The summed E-state index contributed by atoms with van der Waals surface area (Å²) in [5.41, 5.74) is -0.0215. The average Bonchev–Trinajstić information content (AvgIpc) is 2.99. The van der Waals surface area contributed by atoms with E-state index in [4.69, 9.17) is 9.05 Å². The Morgan fingerprint density at radius 1 is 1.08 bits per heavy atom. The number of unbranched alkanes of at least 4 members (excludes halogenated alkanes) is 1. The number of aryl methyl sites for hydroxylation is 2. The lowest BCUT2D eigenvalue weighted by atomic mass is 10.3. The Morgan fingerprint density at radius 2 is 1.72 bits per heavy atom. The molecule has 9 nitrogen and oxygen atoms in total. The van der Waals surface area contributed by atoms with Gasteiger partial charge in [-0.2, -0.15) is 0 Å². The zero-order chi connectivity index (χ0) is 18.6. The van der Waals surface area contributed by atoms with E-state index in [2.05, 4.69) is 4.98 Å². The first-order valence-corrected chi connectivity index (χ1v) is 10.1. The summed E-state index contributed by atoms with van der Waals surface area (Å²) in [6.07, 6.45) is 3.19. The van der Waals surface area contributed by atoms with Crippen molar-refractivity contribution in [1.82, 2.24) is 18.7 Å². The third kappa shape index (κ3) is 4.11. The normalized spacial score (nSPS) is 12.2.